The van der Waals surface area contributed by atoms with E-state index in [9.17, 15) is 9.59 Å². The number of ether oxygens (including phenoxy) is 2. The monoisotopic (exact) mass is 307 g/mol. The Morgan fingerprint density at radius 1 is 1.27 bits per heavy atom. The molecule has 0 radical (unpaired) electrons. The van der Waals surface area contributed by atoms with Gasteiger partial charge in [-0.15, -0.1) is 0 Å². The average molecular weight is 307 g/mol. The third kappa shape index (κ3) is 3.16. The minimum Gasteiger partial charge on any atom is -0.497 e. The predicted octanol–water partition coefficient (Wildman–Crippen LogP) is 1.89. The highest BCUT2D eigenvalue weighted by molar-refractivity contribution is 5.97. The number of hydrogen-bond donors (Lipinski definition) is 1. The number of carboxylic acid groups (broad SMARTS) is 1. The molecule has 2 rings (SSSR count). The van der Waals surface area contributed by atoms with Crippen LogP contribution in [0.4, 0.5) is 0 Å². The number of aliphatic carboxylic acids is 1. The molecule has 1 fully saturated rings. The second kappa shape index (κ2) is 6.68. The Hall–Kier alpha value is -2.24. The molecule has 1 amide bonds. The van der Waals surface area contributed by atoms with Gasteiger partial charge in [0.15, 0.2) is 0 Å². The molecular formula is C16H21NO5. The predicted molar refractivity (Wildman–Crippen MR) is 80.4 cm³/mol. The molecule has 1 heterocycles. The standard InChI is InChI=1S/C16H21NO5/c1-10-9-17(7-6-12(10)16(19)20)15(18)13-8-11(21-2)4-5-14(13)22-3/h4-5,8,10,12H,6-7,9H2,1-3H3,(H,19,20). The van der Waals surface area contributed by atoms with Crippen LogP contribution in [0.1, 0.15) is 23.7 Å². The highest BCUT2D eigenvalue weighted by Gasteiger charge is 2.34. The first-order chi connectivity index (χ1) is 10.5. The zero-order chi connectivity index (χ0) is 16.3. The van der Waals surface area contributed by atoms with Gasteiger partial charge in [0, 0.05) is 13.1 Å². The third-order valence-electron chi connectivity index (χ3n) is 4.15. The van der Waals surface area contributed by atoms with Crippen LogP contribution in [0.3, 0.4) is 0 Å². The van der Waals surface area contributed by atoms with E-state index in [-0.39, 0.29) is 11.8 Å². The summed E-state index contributed by atoms with van der Waals surface area (Å²) in [7, 11) is 3.05. The van der Waals surface area contributed by atoms with Gasteiger partial charge in [0.2, 0.25) is 0 Å². The van der Waals surface area contributed by atoms with Gasteiger partial charge in [-0.3, -0.25) is 9.59 Å². The quantitative estimate of drug-likeness (QED) is 0.919. The summed E-state index contributed by atoms with van der Waals surface area (Å²) >= 11 is 0. The van der Waals surface area contributed by atoms with Gasteiger partial charge in [-0.1, -0.05) is 6.92 Å². The molecule has 6 heteroatoms. The van der Waals surface area contributed by atoms with E-state index in [2.05, 4.69) is 0 Å². The van der Waals surface area contributed by atoms with Crippen LogP contribution >= 0.6 is 0 Å². The van der Waals surface area contributed by atoms with Crippen LogP contribution < -0.4 is 9.47 Å². The lowest BCUT2D eigenvalue weighted by atomic mass is 9.87. The van der Waals surface area contributed by atoms with E-state index >= 15 is 0 Å². The van der Waals surface area contributed by atoms with Gasteiger partial charge in [0.1, 0.15) is 11.5 Å². The molecule has 0 spiro atoms. The fraction of sp³-hybridized carbons (Fsp3) is 0.500. The third-order valence-corrected chi connectivity index (χ3v) is 4.15. The van der Waals surface area contributed by atoms with Crippen molar-refractivity contribution >= 4 is 11.9 Å². The molecule has 1 aromatic rings. The maximum Gasteiger partial charge on any atom is 0.306 e. The molecule has 2 atom stereocenters. The zero-order valence-corrected chi connectivity index (χ0v) is 13.0. The summed E-state index contributed by atoms with van der Waals surface area (Å²) in [6.07, 6.45) is 0.467. The van der Waals surface area contributed by atoms with Gasteiger partial charge in [0.05, 0.1) is 25.7 Å². The lowest BCUT2D eigenvalue weighted by Crippen LogP contribution is -2.45. The van der Waals surface area contributed by atoms with Crippen molar-refractivity contribution in [2.45, 2.75) is 13.3 Å². The minimum absolute atomic E-state index is 0.0770. The van der Waals surface area contributed by atoms with Crippen molar-refractivity contribution in [2.75, 3.05) is 27.3 Å². The number of amides is 1. The number of hydrogen-bond acceptors (Lipinski definition) is 4. The fourth-order valence-electron chi connectivity index (χ4n) is 2.85. The van der Waals surface area contributed by atoms with Crippen molar-refractivity contribution in [3.05, 3.63) is 23.8 Å². The molecule has 2 unspecified atom stereocenters. The van der Waals surface area contributed by atoms with Crippen molar-refractivity contribution in [3.8, 4) is 11.5 Å². The van der Waals surface area contributed by atoms with Crippen molar-refractivity contribution in [1.82, 2.24) is 4.90 Å². The molecule has 22 heavy (non-hydrogen) atoms. The second-order valence-electron chi connectivity index (χ2n) is 5.53. The maximum absolute atomic E-state index is 12.7. The molecule has 0 saturated carbocycles. The van der Waals surface area contributed by atoms with Gasteiger partial charge >= 0.3 is 5.97 Å². The van der Waals surface area contributed by atoms with Crippen LogP contribution in [0.2, 0.25) is 0 Å². The first-order valence-electron chi connectivity index (χ1n) is 7.22. The number of carbonyl (C=O) groups excluding carboxylic acids is 1. The van der Waals surface area contributed by atoms with Crippen molar-refractivity contribution in [1.29, 1.82) is 0 Å². The molecule has 1 N–H and O–H groups in total. The van der Waals surface area contributed by atoms with E-state index in [0.717, 1.165) is 0 Å². The van der Waals surface area contributed by atoms with E-state index in [1.807, 2.05) is 6.92 Å². The zero-order valence-electron chi connectivity index (χ0n) is 13.0. The summed E-state index contributed by atoms with van der Waals surface area (Å²) in [6.45, 7) is 2.72. The number of benzene rings is 1. The molecule has 0 aliphatic carbocycles. The van der Waals surface area contributed by atoms with Gasteiger partial charge in [-0.05, 0) is 30.5 Å². The molecule has 120 valence electrons. The normalized spacial score (nSPS) is 21.3. The molecule has 1 aliphatic heterocycles. The number of carbonyl (C=O) groups is 2. The summed E-state index contributed by atoms with van der Waals surface area (Å²) < 4.78 is 10.4. The number of rotatable bonds is 4. The molecular weight excluding hydrogens is 286 g/mol. The maximum atomic E-state index is 12.7. The Kier molecular flexibility index (Phi) is 4.90. The van der Waals surface area contributed by atoms with E-state index in [1.54, 1.807) is 23.1 Å². The number of methoxy groups -OCH3 is 2. The molecule has 1 aliphatic rings. The van der Waals surface area contributed by atoms with Crippen molar-refractivity contribution in [3.63, 3.8) is 0 Å². The Morgan fingerprint density at radius 2 is 2.00 bits per heavy atom. The lowest BCUT2D eigenvalue weighted by molar-refractivity contribution is -0.145. The topological polar surface area (TPSA) is 76.1 Å². The van der Waals surface area contributed by atoms with Gasteiger partial charge in [0.25, 0.3) is 5.91 Å². The van der Waals surface area contributed by atoms with Crippen LogP contribution in [0, 0.1) is 11.8 Å². The van der Waals surface area contributed by atoms with Crippen LogP contribution in [-0.2, 0) is 4.79 Å². The molecule has 1 saturated heterocycles. The molecule has 6 nitrogen and oxygen atoms in total. The summed E-state index contributed by atoms with van der Waals surface area (Å²) in [4.78, 5) is 25.5. The summed E-state index contributed by atoms with van der Waals surface area (Å²) in [6, 6.07) is 5.07. The van der Waals surface area contributed by atoms with Crippen LogP contribution in [0.25, 0.3) is 0 Å². The molecule has 0 aromatic heterocycles. The van der Waals surface area contributed by atoms with Crippen LogP contribution in [0.15, 0.2) is 18.2 Å². The minimum atomic E-state index is -0.793. The first kappa shape index (κ1) is 16.1. The summed E-state index contributed by atoms with van der Waals surface area (Å²) in [5.41, 5.74) is 0.433. The Labute approximate surface area is 129 Å². The highest BCUT2D eigenvalue weighted by Crippen LogP contribution is 2.29. The van der Waals surface area contributed by atoms with Crippen LogP contribution in [0.5, 0.6) is 11.5 Å². The first-order valence-corrected chi connectivity index (χ1v) is 7.22. The van der Waals surface area contributed by atoms with E-state index < -0.39 is 11.9 Å². The van der Waals surface area contributed by atoms with Crippen molar-refractivity contribution < 1.29 is 24.2 Å². The summed E-state index contributed by atoms with van der Waals surface area (Å²) in [5.74, 6) is -0.357. The fourth-order valence-corrected chi connectivity index (χ4v) is 2.85. The van der Waals surface area contributed by atoms with Gasteiger partial charge in [-0.25, -0.2) is 0 Å². The molecule has 0 bridgehead atoms. The van der Waals surface area contributed by atoms with Crippen molar-refractivity contribution in [2.24, 2.45) is 11.8 Å². The summed E-state index contributed by atoms with van der Waals surface area (Å²) in [5, 5.41) is 9.16. The van der Waals surface area contributed by atoms with Gasteiger partial charge < -0.3 is 19.5 Å². The number of carboxylic acids is 1. The van der Waals surface area contributed by atoms with Gasteiger partial charge in [-0.2, -0.15) is 0 Å². The highest BCUT2D eigenvalue weighted by atomic mass is 16.5. The Balaban J connectivity index is 2.20. The SMILES string of the molecule is COc1ccc(OC)c(C(=O)N2CCC(C(=O)O)C(C)C2)c1. The Morgan fingerprint density at radius 3 is 2.55 bits per heavy atom. The second-order valence-corrected chi connectivity index (χ2v) is 5.53. The number of piperidine rings is 1. The average Bonchev–Trinajstić information content (AvgIpc) is 2.53. The largest absolute Gasteiger partial charge is 0.497 e. The van der Waals surface area contributed by atoms with E-state index in [0.29, 0.717) is 36.6 Å². The number of nitrogens with zero attached hydrogens (tertiary/aromatic N) is 1. The Bertz CT molecular complexity index is 572. The van der Waals surface area contributed by atoms with E-state index in [4.69, 9.17) is 14.6 Å². The smallest absolute Gasteiger partial charge is 0.306 e. The van der Waals surface area contributed by atoms with Crippen LogP contribution in [-0.4, -0.2) is 49.2 Å². The van der Waals surface area contributed by atoms with E-state index in [1.165, 1.54) is 14.2 Å². The molecule has 1 aromatic carbocycles. The lowest BCUT2D eigenvalue weighted by Gasteiger charge is -2.35. The number of likely N-dealkylation sites (tertiary alicyclic amines) is 1.